The van der Waals surface area contributed by atoms with Crippen LogP contribution < -0.4 is 10.1 Å². The van der Waals surface area contributed by atoms with Crippen LogP contribution in [0.5, 0.6) is 5.75 Å². The van der Waals surface area contributed by atoms with Crippen LogP contribution in [-0.2, 0) is 4.74 Å². The highest BCUT2D eigenvalue weighted by atomic mass is 16.5. The Morgan fingerprint density at radius 2 is 2.17 bits per heavy atom. The smallest absolute Gasteiger partial charge is 0.251 e. The molecule has 0 fully saturated rings. The summed E-state index contributed by atoms with van der Waals surface area (Å²) in [6, 6.07) is 4.44. The predicted octanol–water partition coefficient (Wildman–Crippen LogP) is 1.86. The van der Waals surface area contributed by atoms with E-state index < -0.39 is 0 Å². The highest BCUT2D eigenvalue weighted by molar-refractivity contribution is 5.95. The van der Waals surface area contributed by atoms with Crippen LogP contribution in [0.15, 0.2) is 23.4 Å². The van der Waals surface area contributed by atoms with Crippen molar-refractivity contribution in [3.05, 3.63) is 28.7 Å². The lowest BCUT2D eigenvalue weighted by atomic mass is 10.1. The molecule has 0 radical (unpaired) electrons. The molecule has 0 aliphatic heterocycles. The number of nitroso groups, excluding NO2 is 1. The van der Waals surface area contributed by atoms with E-state index in [0.717, 1.165) is 0 Å². The molecule has 1 N–H and O–H groups in total. The van der Waals surface area contributed by atoms with Gasteiger partial charge in [-0.05, 0) is 24.2 Å². The fourth-order valence-corrected chi connectivity index (χ4v) is 1.48. The van der Waals surface area contributed by atoms with Crippen LogP contribution in [0.1, 0.15) is 17.3 Å². The minimum Gasteiger partial charge on any atom is -0.488 e. The van der Waals surface area contributed by atoms with Gasteiger partial charge in [0.2, 0.25) is 0 Å². The van der Waals surface area contributed by atoms with E-state index in [-0.39, 0.29) is 17.7 Å². The summed E-state index contributed by atoms with van der Waals surface area (Å²) in [6.45, 7) is 2.23. The Labute approximate surface area is 105 Å². The van der Waals surface area contributed by atoms with Crippen molar-refractivity contribution in [3.8, 4) is 5.75 Å². The third-order valence-electron chi connectivity index (χ3n) is 2.22. The lowest BCUT2D eigenvalue weighted by Gasteiger charge is -2.14. The summed E-state index contributed by atoms with van der Waals surface area (Å²) in [4.78, 5) is 22.1. The fourth-order valence-electron chi connectivity index (χ4n) is 1.48. The van der Waals surface area contributed by atoms with Crippen molar-refractivity contribution in [2.45, 2.75) is 13.0 Å². The number of amides is 1. The molecular formula is C12H16N2O4. The summed E-state index contributed by atoms with van der Waals surface area (Å²) in [5, 5.41) is 5.30. The van der Waals surface area contributed by atoms with Crippen molar-refractivity contribution in [2.75, 3.05) is 20.8 Å². The topological polar surface area (TPSA) is 77.0 Å². The number of hydrogen-bond acceptors (Lipinski definition) is 5. The van der Waals surface area contributed by atoms with E-state index in [1.807, 2.05) is 6.92 Å². The van der Waals surface area contributed by atoms with Gasteiger partial charge in [0.05, 0.1) is 6.61 Å². The molecule has 0 saturated carbocycles. The molecule has 0 aliphatic rings. The van der Waals surface area contributed by atoms with Crippen LogP contribution in [0.2, 0.25) is 0 Å². The maximum absolute atomic E-state index is 11.5. The van der Waals surface area contributed by atoms with Gasteiger partial charge >= 0.3 is 0 Å². The first-order valence-corrected chi connectivity index (χ1v) is 5.46. The second-order valence-corrected chi connectivity index (χ2v) is 3.77. The summed E-state index contributed by atoms with van der Waals surface area (Å²) >= 11 is 0. The zero-order valence-electron chi connectivity index (χ0n) is 10.6. The summed E-state index contributed by atoms with van der Waals surface area (Å²) < 4.78 is 10.5. The van der Waals surface area contributed by atoms with E-state index in [9.17, 15) is 9.70 Å². The molecule has 6 heteroatoms. The number of methoxy groups -OCH3 is 1. The zero-order valence-corrected chi connectivity index (χ0v) is 10.6. The average Bonchev–Trinajstić information content (AvgIpc) is 2.37. The Morgan fingerprint density at radius 1 is 1.44 bits per heavy atom. The maximum atomic E-state index is 11.5. The lowest BCUT2D eigenvalue weighted by molar-refractivity contribution is 0.0913. The summed E-state index contributed by atoms with van der Waals surface area (Å²) in [5.41, 5.74) is 0.477. The molecule has 1 atom stereocenters. The van der Waals surface area contributed by atoms with E-state index in [0.29, 0.717) is 17.9 Å². The maximum Gasteiger partial charge on any atom is 0.251 e. The molecule has 1 aromatic carbocycles. The van der Waals surface area contributed by atoms with Crippen molar-refractivity contribution in [1.82, 2.24) is 5.32 Å². The molecule has 18 heavy (non-hydrogen) atoms. The van der Waals surface area contributed by atoms with Crippen LogP contribution in [0, 0.1) is 4.91 Å². The molecule has 6 nitrogen and oxygen atoms in total. The highest BCUT2D eigenvalue weighted by Crippen LogP contribution is 2.24. The van der Waals surface area contributed by atoms with Crippen LogP contribution in [0.25, 0.3) is 0 Å². The lowest BCUT2D eigenvalue weighted by Crippen LogP contribution is -2.20. The van der Waals surface area contributed by atoms with Gasteiger partial charge in [-0.3, -0.25) is 4.79 Å². The summed E-state index contributed by atoms with van der Waals surface area (Å²) in [6.07, 6.45) is -0.186. The number of carbonyl (C=O) groups is 1. The van der Waals surface area contributed by atoms with Gasteiger partial charge in [0.25, 0.3) is 5.91 Å². The first-order valence-electron chi connectivity index (χ1n) is 5.46. The number of nitrogens with zero attached hydrogens (tertiary/aromatic N) is 1. The Hall–Kier alpha value is -1.95. The first-order chi connectivity index (χ1) is 8.60. The van der Waals surface area contributed by atoms with Crippen molar-refractivity contribution >= 4 is 11.6 Å². The second-order valence-electron chi connectivity index (χ2n) is 3.77. The van der Waals surface area contributed by atoms with Gasteiger partial charge in [0, 0.05) is 25.8 Å². The van der Waals surface area contributed by atoms with Crippen LogP contribution in [0.4, 0.5) is 5.69 Å². The minimum absolute atomic E-state index is 0.149. The predicted molar refractivity (Wildman–Crippen MR) is 67.3 cm³/mol. The number of ether oxygens (including phenoxy) is 2. The van der Waals surface area contributed by atoms with Crippen LogP contribution >= 0.6 is 0 Å². The molecule has 0 bridgehead atoms. The molecule has 1 aromatic rings. The molecule has 1 amide bonds. The van der Waals surface area contributed by atoms with Crippen molar-refractivity contribution in [2.24, 2.45) is 5.18 Å². The highest BCUT2D eigenvalue weighted by Gasteiger charge is 2.10. The molecule has 0 heterocycles. The van der Waals surface area contributed by atoms with Crippen LogP contribution in [0.3, 0.4) is 0 Å². The molecule has 0 spiro atoms. The van der Waals surface area contributed by atoms with Gasteiger partial charge in [-0.2, -0.15) is 0 Å². The van der Waals surface area contributed by atoms with E-state index >= 15 is 0 Å². The van der Waals surface area contributed by atoms with Gasteiger partial charge in [-0.15, -0.1) is 4.91 Å². The van der Waals surface area contributed by atoms with Crippen molar-refractivity contribution < 1.29 is 14.3 Å². The van der Waals surface area contributed by atoms with Crippen LogP contribution in [-0.4, -0.2) is 32.8 Å². The van der Waals surface area contributed by atoms with E-state index in [2.05, 4.69) is 10.5 Å². The minimum atomic E-state index is -0.301. The molecule has 0 aliphatic carbocycles. The SMILES string of the molecule is CNC(=O)c1cc(N=O)cc(OC(C)COC)c1. The third-order valence-corrected chi connectivity index (χ3v) is 2.22. The van der Waals surface area contributed by atoms with Crippen molar-refractivity contribution in [3.63, 3.8) is 0 Å². The molecular weight excluding hydrogens is 236 g/mol. The van der Waals surface area contributed by atoms with Gasteiger partial charge in [0.15, 0.2) is 0 Å². The Bertz CT molecular complexity index is 434. The average molecular weight is 252 g/mol. The third kappa shape index (κ3) is 3.81. The van der Waals surface area contributed by atoms with E-state index in [1.165, 1.54) is 19.2 Å². The Kier molecular flexibility index (Phi) is 5.26. The van der Waals surface area contributed by atoms with Crippen molar-refractivity contribution in [1.29, 1.82) is 0 Å². The number of benzene rings is 1. The number of hydrogen-bond donors (Lipinski definition) is 1. The largest absolute Gasteiger partial charge is 0.488 e. The van der Waals surface area contributed by atoms with E-state index in [4.69, 9.17) is 9.47 Å². The quantitative estimate of drug-likeness (QED) is 0.784. The molecule has 1 unspecified atom stereocenters. The Morgan fingerprint density at radius 3 is 2.72 bits per heavy atom. The number of rotatable bonds is 6. The fraction of sp³-hybridized carbons (Fsp3) is 0.417. The summed E-state index contributed by atoms with van der Waals surface area (Å²) in [7, 11) is 3.08. The normalized spacial score (nSPS) is 11.7. The molecule has 0 saturated heterocycles. The van der Waals surface area contributed by atoms with Gasteiger partial charge < -0.3 is 14.8 Å². The standard InChI is InChI=1S/C12H16N2O4/c1-8(7-17-3)18-11-5-9(12(15)13-2)4-10(6-11)14-16/h4-6,8H,7H2,1-3H3,(H,13,15). The van der Waals surface area contributed by atoms with Gasteiger partial charge in [-0.1, -0.05) is 0 Å². The van der Waals surface area contributed by atoms with E-state index in [1.54, 1.807) is 13.2 Å². The second kappa shape index (κ2) is 6.70. The Balaban J connectivity index is 2.97. The van der Waals surface area contributed by atoms with Gasteiger partial charge in [0.1, 0.15) is 17.5 Å². The summed E-state index contributed by atoms with van der Waals surface area (Å²) in [5.74, 6) is 0.111. The molecule has 98 valence electrons. The first kappa shape index (κ1) is 14.1. The molecule has 0 aromatic heterocycles. The zero-order chi connectivity index (χ0) is 13.5. The van der Waals surface area contributed by atoms with Gasteiger partial charge in [-0.25, -0.2) is 0 Å². The monoisotopic (exact) mass is 252 g/mol. The number of carbonyl (C=O) groups excluding carboxylic acids is 1. The molecule has 1 rings (SSSR count). The number of nitrogens with one attached hydrogen (secondary N) is 1.